The Balaban J connectivity index is 2.54. The van der Waals surface area contributed by atoms with E-state index in [0.29, 0.717) is 10.7 Å². The van der Waals surface area contributed by atoms with Crippen molar-refractivity contribution < 1.29 is 9.53 Å². The van der Waals surface area contributed by atoms with E-state index in [1.165, 1.54) is 7.11 Å². The fourth-order valence-electron chi connectivity index (χ4n) is 1.53. The summed E-state index contributed by atoms with van der Waals surface area (Å²) in [5.74, 6) is -0.534. The van der Waals surface area contributed by atoms with Gasteiger partial charge in [-0.1, -0.05) is 29.8 Å². The second-order valence-electron chi connectivity index (χ2n) is 3.49. The molecule has 0 spiro atoms. The van der Waals surface area contributed by atoms with Crippen LogP contribution in [0.25, 0.3) is 5.69 Å². The highest BCUT2D eigenvalue weighted by molar-refractivity contribution is 6.34. The molecular weight excluding hydrogens is 240 g/mol. The number of rotatable bonds is 2. The van der Waals surface area contributed by atoms with E-state index >= 15 is 0 Å². The molecule has 1 aromatic heterocycles. The second kappa shape index (κ2) is 4.59. The monoisotopic (exact) mass is 250 g/mol. The number of benzene rings is 1. The number of aromatic nitrogens is 2. The maximum absolute atomic E-state index is 11.4. The molecule has 0 aliphatic rings. The molecule has 0 N–H and O–H groups in total. The number of nitrogens with zero attached hydrogens (tertiary/aromatic N) is 2. The molecule has 0 radical (unpaired) electrons. The first-order valence-corrected chi connectivity index (χ1v) is 5.41. The quantitative estimate of drug-likeness (QED) is 0.770. The maximum Gasteiger partial charge on any atom is 0.360 e. The number of ether oxygens (including phenoxy) is 1. The van der Waals surface area contributed by atoms with Crippen LogP contribution >= 0.6 is 11.6 Å². The minimum Gasteiger partial charge on any atom is -0.464 e. The molecule has 2 aromatic rings. The van der Waals surface area contributed by atoms with Crippen LogP contribution in [0.4, 0.5) is 0 Å². The fourth-order valence-corrected chi connectivity index (χ4v) is 1.73. The van der Waals surface area contributed by atoms with Crippen molar-refractivity contribution in [1.29, 1.82) is 0 Å². The normalized spacial score (nSPS) is 10.3. The Morgan fingerprint density at radius 1 is 1.35 bits per heavy atom. The lowest BCUT2D eigenvalue weighted by molar-refractivity contribution is 0.0593. The van der Waals surface area contributed by atoms with Crippen LogP contribution in [0.1, 0.15) is 16.2 Å². The third-order valence-electron chi connectivity index (χ3n) is 2.42. The standard InChI is InChI=1S/C12H11ClN2O2/c1-8-10(13)11(12(16)17-2)14-15(8)9-6-4-3-5-7-9/h3-7H,1-2H3. The zero-order valence-corrected chi connectivity index (χ0v) is 10.2. The zero-order chi connectivity index (χ0) is 12.4. The second-order valence-corrected chi connectivity index (χ2v) is 3.86. The molecule has 1 aromatic carbocycles. The van der Waals surface area contributed by atoms with Crippen molar-refractivity contribution in [3.8, 4) is 5.69 Å². The van der Waals surface area contributed by atoms with Gasteiger partial charge in [-0.3, -0.25) is 0 Å². The maximum atomic E-state index is 11.4. The Morgan fingerprint density at radius 3 is 2.59 bits per heavy atom. The van der Waals surface area contributed by atoms with Gasteiger partial charge >= 0.3 is 5.97 Å². The van der Waals surface area contributed by atoms with Gasteiger partial charge in [0.15, 0.2) is 5.69 Å². The highest BCUT2D eigenvalue weighted by Crippen LogP contribution is 2.23. The Kier molecular flexibility index (Phi) is 3.15. The summed E-state index contributed by atoms with van der Waals surface area (Å²) in [6.45, 7) is 1.80. The molecule has 2 rings (SSSR count). The molecule has 0 aliphatic carbocycles. The third kappa shape index (κ3) is 2.03. The first-order valence-electron chi connectivity index (χ1n) is 5.04. The largest absolute Gasteiger partial charge is 0.464 e. The van der Waals surface area contributed by atoms with Crippen LogP contribution in [0.2, 0.25) is 5.02 Å². The lowest BCUT2D eigenvalue weighted by Crippen LogP contribution is -2.04. The molecule has 1 heterocycles. The summed E-state index contributed by atoms with van der Waals surface area (Å²) in [4.78, 5) is 11.4. The number of carbonyl (C=O) groups excluding carboxylic acids is 1. The van der Waals surface area contributed by atoms with E-state index in [0.717, 1.165) is 5.69 Å². The Bertz CT molecular complexity index is 549. The van der Waals surface area contributed by atoms with Crippen molar-refractivity contribution in [2.75, 3.05) is 7.11 Å². The Labute approximate surface area is 104 Å². The van der Waals surface area contributed by atoms with Gasteiger partial charge in [-0.05, 0) is 19.1 Å². The van der Waals surface area contributed by atoms with Crippen molar-refractivity contribution in [3.63, 3.8) is 0 Å². The zero-order valence-electron chi connectivity index (χ0n) is 9.48. The van der Waals surface area contributed by atoms with Gasteiger partial charge < -0.3 is 4.74 Å². The smallest absolute Gasteiger partial charge is 0.360 e. The summed E-state index contributed by atoms with van der Waals surface area (Å²) in [7, 11) is 1.30. The summed E-state index contributed by atoms with van der Waals surface area (Å²) in [6.07, 6.45) is 0. The van der Waals surface area contributed by atoms with Gasteiger partial charge in [-0.2, -0.15) is 5.10 Å². The first-order chi connectivity index (χ1) is 8.15. The summed E-state index contributed by atoms with van der Waals surface area (Å²) in [6, 6.07) is 9.46. The molecule has 0 unspecified atom stereocenters. The number of hydrogen-bond donors (Lipinski definition) is 0. The van der Waals surface area contributed by atoms with Gasteiger partial charge in [-0.15, -0.1) is 0 Å². The van der Waals surface area contributed by atoms with Crippen molar-refractivity contribution in [2.24, 2.45) is 0 Å². The molecule has 0 saturated heterocycles. The Morgan fingerprint density at radius 2 is 2.00 bits per heavy atom. The number of carbonyl (C=O) groups is 1. The lowest BCUT2D eigenvalue weighted by Gasteiger charge is -2.02. The van der Waals surface area contributed by atoms with E-state index in [1.54, 1.807) is 11.6 Å². The van der Waals surface area contributed by atoms with E-state index in [2.05, 4.69) is 9.84 Å². The minimum atomic E-state index is -0.534. The van der Waals surface area contributed by atoms with Crippen molar-refractivity contribution >= 4 is 17.6 Å². The van der Waals surface area contributed by atoms with Crippen molar-refractivity contribution in [1.82, 2.24) is 9.78 Å². The van der Waals surface area contributed by atoms with Crippen molar-refractivity contribution in [3.05, 3.63) is 46.7 Å². The fraction of sp³-hybridized carbons (Fsp3) is 0.167. The highest BCUT2D eigenvalue weighted by atomic mass is 35.5. The first kappa shape index (κ1) is 11.7. The summed E-state index contributed by atoms with van der Waals surface area (Å²) >= 11 is 6.05. The Hall–Kier alpha value is -1.81. The average Bonchev–Trinajstić information content (AvgIpc) is 2.67. The number of para-hydroxylation sites is 1. The summed E-state index contributed by atoms with van der Waals surface area (Å²) in [5, 5.41) is 4.48. The van der Waals surface area contributed by atoms with Gasteiger partial charge in [0.05, 0.1) is 23.5 Å². The lowest BCUT2D eigenvalue weighted by atomic mass is 10.3. The van der Waals surface area contributed by atoms with E-state index in [1.807, 2.05) is 30.3 Å². The van der Waals surface area contributed by atoms with Crippen LogP contribution in [0.3, 0.4) is 0 Å². The highest BCUT2D eigenvalue weighted by Gasteiger charge is 2.20. The van der Waals surface area contributed by atoms with E-state index in [-0.39, 0.29) is 5.69 Å². The SMILES string of the molecule is COC(=O)c1nn(-c2ccccc2)c(C)c1Cl. The van der Waals surface area contributed by atoms with Crippen LogP contribution in [0.15, 0.2) is 30.3 Å². The molecular formula is C12H11ClN2O2. The molecule has 0 aliphatic heterocycles. The molecule has 4 nitrogen and oxygen atoms in total. The molecule has 0 bridgehead atoms. The van der Waals surface area contributed by atoms with E-state index in [9.17, 15) is 4.79 Å². The predicted octanol–water partition coefficient (Wildman–Crippen LogP) is 2.62. The molecule has 5 heteroatoms. The summed E-state index contributed by atoms with van der Waals surface area (Å²) in [5.41, 5.74) is 1.69. The molecule has 17 heavy (non-hydrogen) atoms. The van der Waals surface area contributed by atoms with Crippen LogP contribution in [0.5, 0.6) is 0 Å². The topological polar surface area (TPSA) is 44.1 Å². The average molecular weight is 251 g/mol. The van der Waals surface area contributed by atoms with Gasteiger partial charge in [0.25, 0.3) is 0 Å². The third-order valence-corrected chi connectivity index (χ3v) is 2.88. The summed E-state index contributed by atoms with van der Waals surface area (Å²) < 4.78 is 6.24. The van der Waals surface area contributed by atoms with Gasteiger partial charge in [0, 0.05) is 0 Å². The number of hydrogen-bond acceptors (Lipinski definition) is 3. The van der Waals surface area contributed by atoms with Gasteiger partial charge in [0.2, 0.25) is 0 Å². The van der Waals surface area contributed by atoms with Gasteiger partial charge in [0.1, 0.15) is 0 Å². The molecule has 0 saturated carbocycles. The van der Waals surface area contributed by atoms with E-state index < -0.39 is 5.97 Å². The minimum absolute atomic E-state index is 0.135. The predicted molar refractivity (Wildman–Crippen MR) is 64.7 cm³/mol. The molecule has 0 atom stereocenters. The molecule has 0 fully saturated rings. The van der Waals surface area contributed by atoms with Crippen LogP contribution in [-0.4, -0.2) is 22.9 Å². The molecule has 0 amide bonds. The van der Waals surface area contributed by atoms with Crippen LogP contribution in [0, 0.1) is 6.92 Å². The number of halogens is 1. The van der Waals surface area contributed by atoms with Gasteiger partial charge in [-0.25, -0.2) is 9.48 Å². The number of esters is 1. The molecule has 88 valence electrons. The van der Waals surface area contributed by atoms with E-state index in [4.69, 9.17) is 11.6 Å². The van der Waals surface area contributed by atoms with Crippen LogP contribution < -0.4 is 0 Å². The number of methoxy groups -OCH3 is 1. The van der Waals surface area contributed by atoms with Crippen molar-refractivity contribution in [2.45, 2.75) is 6.92 Å². The van der Waals surface area contributed by atoms with Crippen LogP contribution in [-0.2, 0) is 4.74 Å².